The zero-order chi connectivity index (χ0) is 19.6. The summed E-state index contributed by atoms with van der Waals surface area (Å²) in [5.74, 6) is 0.971. The number of hydrogen-bond donors (Lipinski definition) is 1. The summed E-state index contributed by atoms with van der Waals surface area (Å²) in [6, 6.07) is 29.1. The summed E-state index contributed by atoms with van der Waals surface area (Å²) in [5, 5.41) is 7.59. The maximum absolute atomic E-state index is 6.23. The van der Waals surface area contributed by atoms with Gasteiger partial charge in [-0.15, -0.1) is 11.3 Å². The molecule has 0 saturated heterocycles. The molecular weight excluding hydrogens is 362 g/mol. The second-order valence-corrected chi connectivity index (χ2v) is 7.50. The van der Waals surface area contributed by atoms with Crippen LogP contribution in [0.5, 0.6) is 5.75 Å². The second kappa shape index (κ2) is 10.6. The zero-order valence-electron chi connectivity index (χ0n) is 16.5. The number of ether oxygens (including phenoxy) is 1. The van der Waals surface area contributed by atoms with Crippen LogP contribution in [0.25, 0.3) is 10.8 Å². The molecule has 0 bridgehead atoms. The van der Waals surface area contributed by atoms with Gasteiger partial charge in [-0.1, -0.05) is 79.7 Å². The van der Waals surface area contributed by atoms with Crippen LogP contribution in [0.15, 0.2) is 90.3 Å². The van der Waals surface area contributed by atoms with Crippen LogP contribution in [0.4, 0.5) is 0 Å². The molecule has 1 aromatic heterocycles. The fourth-order valence-electron chi connectivity index (χ4n) is 3.07. The van der Waals surface area contributed by atoms with Crippen LogP contribution < -0.4 is 10.1 Å². The number of rotatable bonds is 6. The van der Waals surface area contributed by atoms with Gasteiger partial charge < -0.3 is 10.1 Å². The first-order valence-corrected chi connectivity index (χ1v) is 10.6. The molecule has 0 spiro atoms. The Labute approximate surface area is 171 Å². The highest BCUT2D eigenvalue weighted by molar-refractivity contribution is 7.10. The third kappa shape index (κ3) is 5.44. The second-order valence-electron chi connectivity index (χ2n) is 6.52. The first kappa shape index (κ1) is 20.1. The van der Waals surface area contributed by atoms with E-state index in [4.69, 9.17) is 4.74 Å². The minimum atomic E-state index is 0.144. The van der Waals surface area contributed by atoms with Crippen LogP contribution in [0, 0.1) is 0 Å². The summed E-state index contributed by atoms with van der Waals surface area (Å²) >= 11 is 1.76. The summed E-state index contributed by atoms with van der Waals surface area (Å²) in [7, 11) is 1.95. The summed E-state index contributed by atoms with van der Waals surface area (Å²) in [5.41, 5.74) is 1.33. The molecule has 1 heterocycles. The van der Waals surface area contributed by atoms with Crippen molar-refractivity contribution in [2.24, 2.45) is 0 Å². The van der Waals surface area contributed by atoms with Crippen LogP contribution >= 0.6 is 11.3 Å². The van der Waals surface area contributed by atoms with Gasteiger partial charge in [-0.3, -0.25) is 0 Å². The van der Waals surface area contributed by atoms with E-state index in [1.807, 2.05) is 25.2 Å². The Kier molecular flexibility index (Phi) is 7.65. The number of thiophene rings is 1. The average molecular weight is 390 g/mol. The molecule has 4 rings (SSSR count). The van der Waals surface area contributed by atoms with Gasteiger partial charge in [0.25, 0.3) is 0 Å². The van der Waals surface area contributed by atoms with E-state index < -0.39 is 0 Å². The first-order chi connectivity index (χ1) is 13.8. The minimum Gasteiger partial charge on any atom is -0.484 e. The average Bonchev–Trinajstić information content (AvgIpc) is 3.28. The van der Waals surface area contributed by atoms with Crippen LogP contribution in [-0.4, -0.2) is 7.05 Å². The van der Waals surface area contributed by atoms with Gasteiger partial charge in [0, 0.05) is 16.8 Å². The maximum atomic E-state index is 6.23. The lowest BCUT2D eigenvalue weighted by Crippen LogP contribution is -2.04. The Balaban J connectivity index is 0.000000211. The van der Waals surface area contributed by atoms with Gasteiger partial charge in [-0.2, -0.15) is 0 Å². The van der Waals surface area contributed by atoms with Crippen molar-refractivity contribution in [1.82, 2.24) is 5.32 Å². The van der Waals surface area contributed by atoms with E-state index in [0.29, 0.717) is 0 Å². The lowest BCUT2D eigenvalue weighted by Gasteiger charge is -2.17. The predicted octanol–water partition coefficient (Wildman–Crippen LogP) is 6.84. The lowest BCUT2D eigenvalue weighted by atomic mass is 10.1. The van der Waals surface area contributed by atoms with Crippen molar-refractivity contribution in [3.63, 3.8) is 0 Å². The SMILES string of the molecule is CCC(Oc1cccc2ccccc12)c1cccs1.CNCc1ccccc1. The normalized spacial score (nSPS) is 11.5. The molecule has 28 heavy (non-hydrogen) atoms. The first-order valence-electron chi connectivity index (χ1n) is 9.68. The molecule has 2 nitrogen and oxygen atoms in total. The van der Waals surface area contributed by atoms with Gasteiger partial charge >= 0.3 is 0 Å². The zero-order valence-corrected chi connectivity index (χ0v) is 17.3. The highest BCUT2D eigenvalue weighted by Gasteiger charge is 2.13. The monoisotopic (exact) mass is 389 g/mol. The molecule has 0 saturated carbocycles. The highest BCUT2D eigenvalue weighted by Crippen LogP contribution is 2.32. The van der Waals surface area contributed by atoms with E-state index >= 15 is 0 Å². The topological polar surface area (TPSA) is 21.3 Å². The van der Waals surface area contributed by atoms with Gasteiger partial charge in [0.2, 0.25) is 0 Å². The van der Waals surface area contributed by atoms with E-state index in [9.17, 15) is 0 Å². The lowest BCUT2D eigenvalue weighted by molar-refractivity contribution is 0.208. The summed E-state index contributed by atoms with van der Waals surface area (Å²) in [4.78, 5) is 1.29. The van der Waals surface area contributed by atoms with Crippen molar-refractivity contribution < 1.29 is 4.74 Å². The molecule has 1 atom stereocenters. The largest absolute Gasteiger partial charge is 0.484 e. The van der Waals surface area contributed by atoms with E-state index in [0.717, 1.165) is 18.7 Å². The number of fused-ring (bicyclic) bond motifs is 1. The molecule has 0 radical (unpaired) electrons. The van der Waals surface area contributed by atoms with Gasteiger partial charge in [0.1, 0.15) is 11.9 Å². The molecule has 3 heteroatoms. The van der Waals surface area contributed by atoms with E-state index in [1.54, 1.807) is 11.3 Å². The molecule has 1 N–H and O–H groups in total. The van der Waals surface area contributed by atoms with Crippen LogP contribution in [0.3, 0.4) is 0 Å². The number of benzene rings is 3. The van der Waals surface area contributed by atoms with E-state index in [1.165, 1.54) is 21.2 Å². The van der Waals surface area contributed by atoms with Gasteiger partial charge in [-0.05, 0) is 41.9 Å². The molecule has 0 fully saturated rings. The molecule has 3 aromatic carbocycles. The van der Waals surface area contributed by atoms with E-state index in [2.05, 4.69) is 84.4 Å². The predicted molar refractivity (Wildman–Crippen MR) is 121 cm³/mol. The maximum Gasteiger partial charge on any atom is 0.133 e. The quantitative estimate of drug-likeness (QED) is 0.390. The van der Waals surface area contributed by atoms with Crippen molar-refractivity contribution in [1.29, 1.82) is 0 Å². The summed E-state index contributed by atoms with van der Waals surface area (Å²) in [6.45, 7) is 3.12. The molecule has 0 aliphatic heterocycles. The Morgan fingerprint density at radius 1 is 0.857 bits per heavy atom. The van der Waals surface area contributed by atoms with Crippen LogP contribution in [-0.2, 0) is 6.54 Å². The molecule has 0 amide bonds. The van der Waals surface area contributed by atoms with Crippen molar-refractivity contribution >= 4 is 22.1 Å². The molecule has 0 aliphatic carbocycles. The number of nitrogens with one attached hydrogen (secondary N) is 1. The fourth-order valence-corrected chi connectivity index (χ4v) is 3.91. The Hall–Kier alpha value is -2.62. The summed E-state index contributed by atoms with van der Waals surface area (Å²) < 4.78 is 6.23. The molecule has 4 aromatic rings. The summed E-state index contributed by atoms with van der Waals surface area (Å²) in [6.07, 6.45) is 1.12. The van der Waals surface area contributed by atoms with Crippen molar-refractivity contribution in [3.8, 4) is 5.75 Å². The van der Waals surface area contributed by atoms with Crippen molar-refractivity contribution in [3.05, 3.63) is 101 Å². The van der Waals surface area contributed by atoms with Crippen molar-refractivity contribution in [2.45, 2.75) is 26.0 Å². The third-order valence-corrected chi connectivity index (χ3v) is 5.44. The van der Waals surface area contributed by atoms with E-state index in [-0.39, 0.29) is 6.10 Å². The third-order valence-electron chi connectivity index (χ3n) is 4.47. The highest BCUT2D eigenvalue weighted by atomic mass is 32.1. The fraction of sp³-hybridized carbons (Fsp3) is 0.200. The molecular formula is C25H27NOS. The molecule has 1 unspecified atom stereocenters. The molecule has 0 aliphatic rings. The Morgan fingerprint density at radius 2 is 1.61 bits per heavy atom. The van der Waals surface area contributed by atoms with Gasteiger partial charge in [-0.25, -0.2) is 0 Å². The van der Waals surface area contributed by atoms with Crippen LogP contribution in [0.2, 0.25) is 0 Å². The standard InChI is InChI=1S/C17H16OS.C8H11N/c1-2-15(17-11-6-12-19-17)18-16-10-5-8-13-7-3-4-9-14(13)16;1-9-7-8-5-3-2-4-6-8/h3-12,15H,2H2,1H3;2-6,9H,7H2,1H3. The Morgan fingerprint density at radius 3 is 2.32 bits per heavy atom. The number of hydrogen-bond acceptors (Lipinski definition) is 3. The Bertz CT molecular complexity index is 945. The van der Waals surface area contributed by atoms with Crippen LogP contribution in [0.1, 0.15) is 29.9 Å². The van der Waals surface area contributed by atoms with Gasteiger partial charge in [0.15, 0.2) is 0 Å². The van der Waals surface area contributed by atoms with Gasteiger partial charge in [0.05, 0.1) is 0 Å². The smallest absolute Gasteiger partial charge is 0.133 e. The minimum absolute atomic E-state index is 0.144. The van der Waals surface area contributed by atoms with Crippen molar-refractivity contribution in [2.75, 3.05) is 7.05 Å². The molecule has 144 valence electrons.